The van der Waals surface area contributed by atoms with E-state index in [1.807, 2.05) is 0 Å². The third-order valence-corrected chi connectivity index (χ3v) is 6.67. The Kier molecular flexibility index (Phi) is 5.70. The second-order valence-electron chi connectivity index (χ2n) is 9.12. The molecule has 200 valence electrons. The second-order valence-corrected chi connectivity index (χ2v) is 9.12. The van der Waals surface area contributed by atoms with E-state index >= 15 is 0 Å². The van der Waals surface area contributed by atoms with E-state index in [0.29, 0.717) is 5.75 Å². The van der Waals surface area contributed by atoms with E-state index in [1.165, 1.54) is 72.8 Å². The van der Waals surface area contributed by atoms with Crippen molar-refractivity contribution in [2.24, 2.45) is 0 Å². The molecule has 0 aliphatic carbocycles. The number of carbonyl (C=O) groups excluding carboxylic acids is 4. The van der Waals surface area contributed by atoms with Crippen LogP contribution in [-0.2, 0) is 0 Å². The monoisotopic (exact) mass is 548 g/mol. The Morgan fingerprint density at radius 1 is 0.512 bits per heavy atom. The maximum Gasteiger partial charge on any atom is 0.335 e. The molecule has 4 amide bonds. The van der Waals surface area contributed by atoms with Crippen LogP contribution >= 0.6 is 0 Å². The summed E-state index contributed by atoms with van der Waals surface area (Å²) >= 11 is 0. The number of hydrogen-bond donors (Lipinski definition) is 2. The molecule has 11 nitrogen and oxygen atoms in total. The Hall–Kier alpha value is -6.10. The molecule has 0 atom stereocenters. The van der Waals surface area contributed by atoms with E-state index in [4.69, 9.17) is 4.74 Å². The topological polar surface area (TPSA) is 159 Å². The summed E-state index contributed by atoms with van der Waals surface area (Å²) in [6, 6.07) is 19.7. The fraction of sp³-hybridized carbons (Fsp3) is 0. The highest BCUT2D eigenvalue weighted by atomic mass is 16.5. The zero-order chi connectivity index (χ0) is 29.0. The van der Waals surface area contributed by atoms with Crippen molar-refractivity contribution >= 4 is 46.9 Å². The van der Waals surface area contributed by atoms with Gasteiger partial charge in [0.1, 0.15) is 11.5 Å². The fourth-order valence-electron chi connectivity index (χ4n) is 4.70. The largest absolute Gasteiger partial charge is 0.478 e. The maximum absolute atomic E-state index is 13.0. The number of amides is 4. The Morgan fingerprint density at radius 3 is 1.51 bits per heavy atom. The van der Waals surface area contributed by atoms with Crippen molar-refractivity contribution in [2.45, 2.75) is 0 Å². The Morgan fingerprint density at radius 2 is 1.00 bits per heavy atom. The lowest BCUT2D eigenvalue weighted by Gasteiger charge is -2.16. The minimum absolute atomic E-state index is 0.000571. The quantitative estimate of drug-likeness (QED) is 0.331. The number of benzene rings is 4. The Balaban J connectivity index is 1.21. The van der Waals surface area contributed by atoms with Gasteiger partial charge in [-0.15, -0.1) is 0 Å². The molecule has 0 spiro atoms. The van der Waals surface area contributed by atoms with Gasteiger partial charge in [-0.1, -0.05) is 6.07 Å². The molecule has 0 saturated heterocycles. The molecule has 6 rings (SSSR count). The highest BCUT2D eigenvalue weighted by molar-refractivity contribution is 6.35. The van der Waals surface area contributed by atoms with Crippen molar-refractivity contribution in [2.75, 3.05) is 9.80 Å². The molecular weight excluding hydrogens is 532 g/mol. The smallest absolute Gasteiger partial charge is 0.335 e. The highest BCUT2D eigenvalue weighted by Gasteiger charge is 2.38. The Labute approximate surface area is 230 Å². The number of imide groups is 2. The summed E-state index contributed by atoms with van der Waals surface area (Å²) in [5.41, 5.74) is 0.430. The third-order valence-electron chi connectivity index (χ3n) is 6.67. The average molecular weight is 548 g/mol. The van der Waals surface area contributed by atoms with Crippen molar-refractivity contribution in [3.05, 3.63) is 118 Å². The maximum atomic E-state index is 13.0. The van der Waals surface area contributed by atoms with Crippen molar-refractivity contribution in [3.63, 3.8) is 0 Å². The van der Waals surface area contributed by atoms with Crippen LogP contribution in [0.5, 0.6) is 11.5 Å². The molecule has 4 aromatic rings. The van der Waals surface area contributed by atoms with Gasteiger partial charge >= 0.3 is 11.9 Å². The molecule has 0 radical (unpaired) electrons. The van der Waals surface area contributed by atoms with Crippen LogP contribution in [-0.4, -0.2) is 45.8 Å². The first-order valence-corrected chi connectivity index (χ1v) is 12.0. The van der Waals surface area contributed by atoms with E-state index in [-0.39, 0.29) is 50.5 Å². The minimum atomic E-state index is -1.22. The summed E-state index contributed by atoms with van der Waals surface area (Å²) < 4.78 is 5.87. The summed E-state index contributed by atoms with van der Waals surface area (Å²) in [5, 5.41) is 18.4. The molecule has 4 aromatic carbocycles. The minimum Gasteiger partial charge on any atom is -0.478 e. The van der Waals surface area contributed by atoms with Crippen LogP contribution in [0.1, 0.15) is 62.1 Å². The molecule has 0 saturated carbocycles. The number of aromatic carboxylic acids is 2. The summed E-state index contributed by atoms with van der Waals surface area (Å²) in [4.78, 5) is 76.1. The number of anilines is 2. The van der Waals surface area contributed by atoms with Gasteiger partial charge in [-0.2, -0.15) is 0 Å². The lowest BCUT2D eigenvalue weighted by atomic mass is 10.1. The van der Waals surface area contributed by atoms with E-state index in [2.05, 4.69) is 0 Å². The van der Waals surface area contributed by atoms with Gasteiger partial charge in [0.15, 0.2) is 0 Å². The molecule has 0 aromatic heterocycles. The summed E-state index contributed by atoms with van der Waals surface area (Å²) in [6.07, 6.45) is 0. The van der Waals surface area contributed by atoms with Crippen LogP contribution in [0, 0.1) is 0 Å². The van der Waals surface area contributed by atoms with Crippen LogP contribution < -0.4 is 14.5 Å². The molecule has 11 heteroatoms. The number of ether oxygens (including phenoxy) is 1. The fourth-order valence-corrected chi connectivity index (χ4v) is 4.70. The van der Waals surface area contributed by atoms with Gasteiger partial charge in [0.2, 0.25) is 0 Å². The molecule has 2 aliphatic rings. The van der Waals surface area contributed by atoms with Gasteiger partial charge in [0.25, 0.3) is 23.6 Å². The molecule has 0 unspecified atom stereocenters. The third kappa shape index (κ3) is 4.08. The lowest BCUT2D eigenvalue weighted by Crippen LogP contribution is -2.29. The van der Waals surface area contributed by atoms with E-state index < -0.39 is 35.6 Å². The van der Waals surface area contributed by atoms with Crippen LogP contribution in [0.4, 0.5) is 11.4 Å². The molecule has 2 heterocycles. The number of carboxylic acid groups (broad SMARTS) is 2. The van der Waals surface area contributed by atoms with Gasteiger partial charge in [-0.05, 0) is 72.8 Å². The van der Waals surface area contributed by atoms with Crippen LogP contribution in [0.3, 0.4) is 0 Å². The zero-order valence-electron chi connectivity index (χ0n) is 20.7. The average Bonchev–Trinajstić information content (AvgIpc) is 3.37. The van der Waals surface area contributed by atoms with Crippen molar-refractivity contribution in [1.29, 1.82) is 0 Å². The van der Waals surface area contributed by atoms with Crippen LogP contribution in [0.25, 0.3) is 0 Å². The normalized spacial score (nSPS) is 13.9. The highest BCUT2D eigenvalue weighted by Crippen LogP contribution is 2.34. The van der Waals surface area contributed by atoms with E-state index in [9.17, 15) is 39.0 Å². The van der Waals surface area contributed by atoms with Gasteiger partial charge in [0.05, 0.1) is 44.8 Å². The van der Waals surface area contributed by atoms with Gasteiger partial charge in [0, 0.05) is 6.07 Å². The standard InChI is InChI=1S/C30H16N2O9/c33-25-21-10-4-15(29(37)38)12-23(21)27(35)31(25)17-6-8-19(9-7-17)41-20-3-1-2-18(14-20)32-26(34)22-11-5-16(30(39)40)13-24(22)28(32)36/h1-14H,(H,37,38)(H,39,40). The van der Waals surface area contributed by atoms with Crippen LogP contribution in [0.15, 0.2) is 84.9 Å². The molecule has 0 fully saturated rings. The Bertz CT molecular complexity index is 1860. The summed E-state index contributed by atoms with van der Waals surface area (Å²) in [6.45, 7) is 0. The molecular formula is C30H16N2O9. The van der Waals surface area contributed by atoms with Gasteiger partial charge in [-0.25, -0.2) is 19.4 Å². The van der Waals surface area contributed by atoms with Crippen LogP contribution in [0.2, 0.25) is 0 Å². The van der Waals surface area contributed by atoms with Crippen molar-refractivity contribution in [1.82, 2.24) is 0 Å². The van der Waals surface area contributed by atoms with E-state index in [1.54, 1.807) is 12.1 Å². The van der Waals surface area contributed by atoms with E-state index in [0.717, 1.165) is 9.80 Å². The van der Waals surface area contributed by atoms with Gasteiger partial charge < -0.3 is 14.9 Å². The number of rotatable bonds is 6. The molecule has 41 heavy (non-hydrogen) atoms. The lowest BCUT2D eigenvalue weighted by molar-refractivity contribution is 0.0686. The number of nitrogens with zero attached hydrogens (tertiary/aromatic N) is 2. The number of fused-ring (bicyclic) bond motifs is 2. The molecule has 2 aliphatic heterocycles. The first-order chi connectivity index (χ1) is 19.6. The van der Waals surface area contributed by atoms with Crippen molar-refractivity contribution in [3.8, 4) is 11.5 Å². The first kappa shape index (κ1) is 25.2. The predicted octanol–water partition coefficient (Wildman–Crippen LogP) is 4.48. The molecule has 2 N–H and O–H groups in total. The summed E-state index contributed by atoms with van der Waals surface area (Å²) in [7, 11) is 0. The van der Waals surface area contributed by atoms with Gasteiger partial charge in [-0.3, -0.25) is 19.2 Å². The second kappa shape index (κ2) is 9.27. The predicted molar refractivity (Wildman–Crippen MR) is 142 cm³/mol. The van der Waals surface area contributed by atoms with Crippen molar-refractivity contribution < 1.29 is 43.7 Å². The zero-order valence-corrected chi connectivity index (χ0v) is 20.7. The first-order valence-electron chi connectivity index (χ1n) is 12.0. The number of carbonyl (C=O) groups is 6. The molecule has 0 bridgehead atoms. The SMILES string of the molecule is O=C(O)c1ccc2c(c1)C(=O)N(c1ccc(Oc3cccc(N4C(=O)c5ccc(C(=O)O)cc5C4=O)c3)cc1)C2=O. The number of carboxylic acids is 2. The summed E-state index contributed by atoms with van der Waals surface area (Å²) in [5.74, 6) is -4.32. The number of hydrogen-bond acceptors (Lipinski definition) is 7.